The van der Waals surface area contributed by atoms with Crippen molar-refractivity contribution in [3.63, 3.8) is 0 Å². The number of nitrogens with zero attached hydrogens (tertiary/aromatic N) is 3. The molecule has 4 rings (SSSR count). The van der Waals surface area contributed by atoms with Crippen LogP contribution in [0.4, 0.5) is 13.2 Å². The fourth-order valence-electron chi connectivity index (χ4n) is 4.02. The normalized spacial score (nSPS) is 15.1. The molecular formula is C26H28F3N3O4S. The minimum Gasteiger partial charge on any atom is -0.492 e. The van der Waals surface area contributed by atoms with Gasteiger partial charge in [-0.3, -0.25) is 9.88 Å². The van der Waals surface area contributed by atoms with Crippen LogP contribution in [0.1, 0.15) is 16.8 Å². The molecule has 1 aliphatic rings. The van der Waals surface area contributed by atoms with E-state index in [-0.39, 0.29) is 13.1 Å². The minimum atomic E-state index is -4.82. The summed E-state index contributed by atoms with van der Waals surface area (Å²) >= 11 is 0. The van der Waals surface area contributed by atoms with Gasteiger partial charge in [0.1, 0.15) is 12.4 Å². The summed E-state index contributed by atoms with van der Waals surface area (Å²) < 4.78 is 80.4. The Labute approximate surface area is 214 Å². The van der Waals surface area contributed by atoms with Gasteiger partial charge in [-0.2, -0.15) is 17.5 Å². The zero-order valence-electron chi connectivity index (χ0n) is 20.1. The van der Waals surface area contributed by atoms with Crippen molar-refractivity contribution in [1.82, 2.24) is 14.2 Å². The number of sulfonamides is 1. The number of aromatic nitrogens is 1. The molecular weight excluding hydrogens is 507 g/mol. The SMILES string of the molecule is O=S(=O)(c1ccccc1C(F)(F)F)N(Cc1cccc(OCCN2CCOCC2)c1)Cc1ccccn1. The molecule has 11 heteroatoms. The van der Waals surface area contributed by atoms with Crippen molar-refractivity contribution in [3.05, 3.63) is 89.7 Å². The molecule has 1 aromatic heterocycles. The Hall–Kier alpha value is -2.99. The molecule has 0 amide bonds. The number of benzene rings is 2. The van der Waals surface area contributed by atoms with Gasteiger partial charge in [-0.15, -0.1) is 0 Å². The predicted molar refractivity (Wildman–Crippen MR) is 131 cm³/mol. The molecule has 0 unspecified atom stereocenters. The van der Waals surface area contributed by atoms with E-state index in [2.05, 4.69) is 9.88 Å². The van der Waals surface area contributed by atoms with Gasteiger partial charge in [0.05, 0.1) is 35.9 Å². The van der Waals surface area contributed by atoms with Gasteiger partial charge >= 0.3 is 6.18 Å². The van der Waals surface area contributed by atoms with Crippen LogP contribution in [-0.4, -0.2) is 62.1 Å². The van der Waals surface area contributed by atoms with Crippen LogP contribution in [0.25, 0.3) is 0 Å². The molecule has 3 aromatic rings. The van der Waals surface area contributed by atoms with Crippen LogP contribution < -0.4 is 4.74 Å². The van der Waals surface area contributed by atoms with Gasteiger partial charge in [-0.1, -0.05) is 30.3 Å². The van der Waals surface area contributed by atoms with Gasteiger partial charge in [0, 0.05) is 32.4 Å². The second-order valence-electron chi connectivity index (χ2n) is 8.54. The Balaban J connectivity index is 1.57. The lowest BCUT2D eigenvalue weighted by atomic mass is 10.2. The molecule has 7 nitrogen and oxygen atoms in total. The van der Waals surface area contributed by atoms with Crippen LogP contribution in [0, 0.1) is 0 Å². The average molecular weight is 536 g/mol. The average Bonchev–Trinajstić information content (AvgIpc) is 2.89. The topological polar surface area (TPSA) is 72.0 Å². The molecule has 198 valence electrons. The maximum absolute atomic E-state index is 13.7. The molecule has 2 aromatic carbocycles. The maximum Gasteiger partial charge on any atom is 0.417 e. The molecule has 0 saturated carbocycles. The zero-order chi connectivity index (χ0) is 26.3. The number of halogens is 3. The number of hydrogen-bond donors (Lipinski definition) is 0. The van der Waals surface area contributed by atoms with E-state index in [9.17, 15) is 21.6 Å². The molecule has 2 heterocycles. The number of pyridine rings is 1. The summed E-state index contributed by atoms with van der Waals surface area (Å²) in [7, 11) is -4.54. The van der Waals surface area contributed by atoms with Gasteiger partial charge in [0.2, 0.25) is 10.0 Å². The molecule has 0 aliphatic carbocycles. The smallest absolute Gasteiger partial charge is 0.417 e. The van der Waals surface area contributed by atoms with E-state index in [0.29, 0.717) is 36.8 Å². The molecule has 0 N–H and O–H groups in total. The lowest BCUT2D eigenvalue weighted by molar-refractivity contribution is -0.139. The molecule has 1 saturated heterocycles. The van der Waals surface area contributed by atoms with E-state index in [1.54, 1.807) is 42.5 Å². The van der Waals surface area contributed by atoms with Crippen molar-refractivity contribution in [2.45, 2.75) is 24.2 Å². The van der Waals surface area contributed by atoms with Crippen LogP contribution in [-0.2, 0) is 34.0 Å². The highest BCUT2D eigenvalue weighted by Gasteiger charge is 2.39. The Morgan fingerprint density at radius 2 is 1.73 bits per heavy atom. The van der Waals surface area contributed by atoms with Crippen LogP contribution in [0.15, 0.2) is 77.8 Å². The van der Waals surface area contributed by atoms with E-state index in [0.717, 1.165) is 36.1 Å². The summed E-state index contributed by atoms with van der Waals surface area (Å²) in [5, 5.41) is 0. The van der Waals surface area contributed by atoms with Crippen LogP contribution in [0.5, 0.6) is 5.75 Å². The van der Waals surface area contributed by atoms with E-state index < -0.39 is 26.7 Å². The van der Waals surface area contributed by atoms with Gasteiger partial charge < -0.3 is 9.47 Å². The fraction of sp³-hybridized carbons (Fsp3) is 0.346. The van der Waals surface area contributed by atoms with Crippen molar-refractivity contribution < 1.29 is 31.1 Å². The first-order valence-electron chi connectivity index (χ1n) is 11.8. The lowest BCUT2D eigenvalue weighted by Gasteiger charge is -2.26. The summed E-state index contributed by atoms with van der Waals surface area (Å²) in [5.74, 6) is 0.552. The van der Waals surface area contributed by atoms with Crippen molar-refractivity contribution in [3.8, 4) is 5.75 Å². The van der Waals surface area contributed by atoms with E-state index in [1.807, 2.05) is 0 Å². The standard InChI is InChI=1S/C26H28F3N3O4S/c27-26(28,29)24-9-1-2-10-25(24)37(33,34)32(20-22-7-3-4-11-30-22)19-21-6-5-8-23(18-21)36-17-14-31-12-15-35-16-13-31/h1-11,18H,12-17,19-20H2. The van der Waals surface area contributed by atoms with E-state index in [4.69, 9.17) is 9.47 Å². The highest BCUT2D eigenvalue weighted by molar-refractivity contribution is 7.89. The largest absolute Gasteiger partial charge is 0.492 e. The molecule has 37 heavy (non-hydrogen) atoms. The summed E-state index contributed by atoms with van der Waals surface area (Å²) in [4.78, 5) is 5.61. The Morgan fingerprint density at radius 1 is 0.973 bits per heavy atom. The molecule has 0 radical (unpaired) electrons. The third-order valence-electron chi connectivity index (χ3n) is 5.91. The Bertz CT molecular complexity index is 1270. The van der Waals surface area contributed by atoms with Crippen LogP contribution in [0.3, 0.4) is 0 Å². The molecule has 1 fully saturated rings. The quantitative estimate of drug-likeness (QED) is 0.388. The number of morpholine rings is 1. The monoisotopic (exact) mass is 535 g/mol. The van der Waals surface area contributed by atoms with Crippen LogP contribution in [0.2, 0.25) is 0 Å². The third kappa shape index (κ3) is 7.29. The number of ether oxygens (including phenoxy) is 2. The van der Waals surface area contributed by atoms with Crippen LogP contribution >= 0.6 is 0 Å². The summed E-state index contributed by atoms with van der Waals surface area (Å²) in [6.07, 6.45) is -3.32. The van der Waals surface area contributed by atoms with Gasteiger partial charge in [-0.05, 0) is 42.0 Å². The van der Waals surface area contributed by atoms with Gasteiger partial charge in [-0.25, -0.2) is 8.42 Å². The number of alkyl halides is 3. The van der Waals surface area contributed by atoms with Gasteiger partial charge in [0.15, 0.2) is 0 Å². The Morgan fingerprint density at radius 3 is 2.46 bits per heavy atom. The number of rotatable bonds is 10. The number of hydrogen-bond acceptors (Lipinski definition) is 6. The first-order chi connectivity index (χ1) is 17.7. The van der Waals surface area contributed by atoms with Crippen molar-refractivity contribution in [2.75, 3.05) is 39.5 Å². The molecule has 0 atom stereocenters. The maximum atomic E-state index is 13.7. The van der Waals surface area contributed by atoms with Crippen molar-refractivity contribution >= 4 is 10.0 Å². The fourth-order valence-corrected chi connectivity index (χ4v) is 5.63. The molecule has 1 aliphatic heterocycles. The minimum absolute atomic E-state index is 0.161. The highest BCUT2D eigenvalue weighted by Crippen LogP contribution is 2.36. The third-order valence-corrected chi connectivity index (χ3v) is 7.76. The highest BCUT2D eigenvalue weighted by atomic mass is 32.2. The zero-order valence-corrected chi connectivity index (χ0v) is 20.9. The summed E-state index contributed by atoms with van der Waals surface area (Å²) in [6.45, 7) is 3.86. The second-order valence-corrected chi connectivity index (χ2v) is 10.4. The predicted octanol–water partition coefficient (Wildman–Crippen LogP) is 4.20. The first-order valence-corrected chi connectivity index (χ1v) is 13.3. The summed E-state index contributed by atoms with van der Waals surface area (Å²) in [5.41, 5.74) is -0.220. The Kier molecular flexibility index (Phi) is 8.80. The van der Waals surface area contributed by atoms with E-state index >= 15 is 0 Å². The summed E-state index contributed by atoms with van der Waals surface area (Å²) in [6, 6.07) is 16.1. The van der Waals surface area contributed by atoms with Gasteiger partial charge in [0.25, 0.3) is 0 Å². The van der Waals surface area contributed by atoms with E-state index in [1.165, 1.54) is 18.3 Å². The molecule has 0 spiro atoms. The van der Waals surface area contributed by atoms with Crippen molar-refractivity contribution in [2.24, 2.45) is 0 Å². The molecule has 0 bridgehead atoms. The lowest BCUT2D eigenvalue weighted by Crippen LogP contribution is -2.38. The second kappa shape index (κ2) is 12.0. The van der Waals surface area contributed by atoms with Crippen molar-refractivity contribution in [1.29, 1.82) is 0 Å². The first kappa shape index (κ1) is 27.1.